The smallest absolute Gasteiger partial charge is 0.258 e. The predicted octanol–water partition coefficient (Wildman–Crippen LogP) is 4.50. The molecule has 1 N–H and O–H groups in total. The third-order valence-electron chi connectivity index (χ3n) is 4.21. The van der Waals surface area contributed by atoms with Gasteiger partial charge in [-0.2, -0.15) is 4.36 Å². The first-order valence-electron chi connectivity index (χ1n) is 9.12. The van der Waals surface area contributed by atoms with Crippen LogP contribution >= 0.6 is 11.6 Å². The molecule has 1 atom stereocenters. The summed E-state index contributed by atoms with van der Waals surface area (Å²) < 4.78 is 25.6. The zero-order chi connectivity index (χ0) is 21.6. The van der Waals surface area contributed by atoms with Gasteiger partial charge >= 0.3 is 0 Å². The minimum atomic E-state index is -2.06. The van der Waals surface area contributed by atoms with E-state index < -0.39 is 10.9 Å². The van der Waals surface area contributed by atoms with Crippen molar-refractivity contribution in [3.05, 3.63) is 58.1 Å². The summed E-state index contributed by atoms with van der Waals surface area (Å²) in [6, 6.07) is 10.9. The van der Waals surface area contributed by atoms with E-state index in [4.69, 9.17) is 16.3 Å². The van der Waals surface area contributed by atoms with Crippen molar-refractivity contribution in [2.75, 3.05) is 13.7 Å². The Morgan fingerprint density at radius 3 is 2.52 bits per heavy atom. The Balaban J connectivity index is 1.90. The highest BCUT2D eigenvalue weighted by Crippen LogP contribution is 2.32. The molecular formula is C21H27ClN2O4S. The average molecular weight is 439 g/mol. The average Bonchev–Trinajstić information content (AvgIpc) is 2.65. The molecule has 0 saturated carbocycles. The van der Waals surface area contributed by atoms with Gasteiger partial charge in [0.05, 0.1) is 12.8 Å². The minimum Gasteiger partial charge on any atom is -0.484 e. The third kappa shape index (κ3) is 7.03. The number of ether oxygens (including phenoxy) is 1. The van der Waals surface area contributed by atoms with Gasteiger partial charge in [0.25, 0.3) is 5.91 Å². The molecule has 0 aliphatic rings. The van der Waals surface area contributed by atoms with Gasteiger partial charge in [-0.1, -0.05) is 50.6 Å². The lowest BCUT2D eigenvalue weighted by Gasteiger charge is -2.21. The Bertz CT molecular complexity index is 964. The van der Waals surface area contributed by atoms with Gasteiger partial charge in [-0.05, 0) is 47.2 Å². The predicted molar refractivity (Wildman–Crippen MR) is 117 cm³/mol. The minimum absolute atomic E-state index is 0.0624. The molecule has 2 aromatic rings. The van der Waals surface area contributed by atoms with Crippen molar-refractivity contribution in [1.29, 1.82) is 0 Å². The Labute approximate surface area is 179 Å². The van der Waals surface area contributed by atoms with Crippen molar-refractivity contribution in [3.8, 4) is 5.75 Å². The van der Waals surface area contributed by atoms with Crippen molar-refractivity contribution in [2.45, 2.75) is 39.7 Å². The van der Waals surface area contributed by atoms with Crippen LogP contribution in [0.4, 0.5) is 5.69 Å². The molecule has 1 unspecified atom stereocenters. The van der Waals surface area contributed by atoms with Gasteiger partial charge in [-0.15, -0.1) is 0 Å². The lowest BCUT2D eigenvalue weighted by atomic mass is 9.87. The molecule has 6 nitrogen and oxygen atoms in total. The molecule has 0 spiro atoms. The summed E-state index contributed by atoms with van der Waals surface area (Å²) in [7, 11) is -0.714. The molecule has 2 aromatic carbocycles. The molecule has 0 heterocycles. The van der Waals surface area contributed by atoms with Crippen LogP contribution in [-0.4, -0.2) is 23.8 Å². The van der Waals surface area contributed by atoms with Crippen LogP contribution in [0.15, 0.2) is 40.8 Å². The summed E-state index contributed by atoms with van der Waals surface area (Å²) in [5.74, 6) is 0.308. The van der Waals surface area contributed by atoms with Crippen LogP contribution in [0.2, 0.25) is 5.02 Å². The number of hydrogen-bond acceptors (Lipinski definition) is 5. The van der Waals surface area contributed by atoms with E-state index in [1.54, 1.807) is 12.1 Å². The molecule has 2 rings (SSSR count). The quantitative estimate of drug-likeness (QED) is 0.624. The van der Waals surface area contributed by atoms with Crippen molar-refractivity contribution in [1.82, 2.24) is 5.32 Å². The van der Waals surface area contributed by atoms with E-state index in [0.717, 1.165) is 16.7 Å². The highest BCUT2D eigenvalue weighted by molar-refractivity contribution is 7.69. The number of amides is 1. The van der Waals surface area contributed by atoms with E-state index in [-0.39, 0.29) is 17.9 Å². The van der Waals surface area contributed by atoms with Crippen molar-refractivity contribution < 1.29 is 17.9 Å². The molecule has 0 saturated heterocycles. The number of aryl methyl sites for hydroxylation is 1. The maximum atomic E-state index is 12.1. The number of thiol groups is 1. The summed E-state index contributed by atoms with van der Waals surface area (Å²) in [6.45, 7) is 8.36. The second kappa shape index (κ2) is 10.1. The molecule has 0 bridgehead atoms. The molecule has 0 aliphatic heterocycles. The number of halogens is 1. The second-order valence-corrected chi connectivity index (χ2v) is 9.05. The van der Waals surface area contributed by atoms with E-state index in [0.29, 0.717) is 23.0 Å². The van der Waals surface area contributed by atoms with Gasteiger partial charge in [-0.25, -0.2) is 4.21 Å². The Kier molecular flexibility index (Phi) is 8.07. The molecule has 8 heteroatoms. The highest BCUT2D eigenvalue weighted by atomic mass is 35.5. The van der Waals surface area contributed by atoms with Crippen LogP contribution in [-0.2, 0) is 31.8 Å². The maximum absolute atomic E-state index is 12.1. The van der Waals surface area contributed by atoms with Crippen LogP contribution in [0.1, 0.15) is 37.5 Å². The molecule has 1 amide bonds. The van der Waals surface area contributed by atoms with Crippen molar-refractivity contribution in [2.24, 2.45) is 4.36 Å². The monoisotopic (exact) mass is 438 g/mol. The van der Waals surface area contributed by atoms with Crippen LogP contribution in [0, 0.1) is 6.92 Å². The van der Waals surface area contributed by atoms with Gasteiger partial charge in [0.2, 0.25) is 0 Å². The summed E-state index contributed by atoms with van der Waals surface area (Å²) >= 11 is 6.32. The topological polar surface area (TPSA) is 77.0 Å². The molecule has 0 fully saturated rings. The number of hydrogen-bond donors (Lipinski definition) is 2. The first kappa shape index (κ1) is 23.2. The molecule has 29 heavy (non-hydrogen) atoms. The fourth-order valence-electron chi connectivity index (χ4n) is 2.66. The van der Waals surface area contributed by atoms with Crippen LogP contribution < -0.4 is 10.1 Å². The highest BCUT2D eigenvalue weighted by Gasteiger charge is 2.17. The fraction of sp³-hybridized carbons (Fsp3) is 0.381. The largest absolute Gasteiger partial charge is 0.484 e. The van der Waals surface area contributed by atoms with E-state index in [1.807, 2.05) is 31.2 Å². The first-order chi connectivity index (χ1) is 13.6. The van der Waals surface area contributed by atoms with Crippen LogP contribution in [0.25, 0.3) is 0 Å². The molecular weight excluding hydrogens is 412 g/mol. The number of carbonyl (C=O) groups is 1. The number of benzene rings is 2. The summed E-state index contributed by atoms with van der Waals surface area (Å²) in [5, 5.41) is 3.43. The molecule has 0 aliphatic carbocycles. The maximum Gasteiger partial charge on any atom is 0.258 e. The third-order valence-corrected chi connectivity index (χ3v) is 5.22. The Hall–Kier alpha value is -2.09. The summed E-state index contributed by atoms with van der Waals surface area (Å²) in [5.41, 5.74) is 3.31. The van der Waals surface area contributed by atoms with Gasteiger partial charge < -0.3 is 10.1 Å². The van der Waals surface area contributed by atoms with E-state index >= 15 is 0 Å². The van der Waals surface area contributed by atoms with Crippen LogP contribution in [0.3, 0.4) is 0 Å². The molecule has 158 valence electrons. The van der Waals surface area contributed by atoms with Crippen molar-refractivity contribution >= 4 is 34.1 Å². The van der Waals surface area contributed by atoms with Gasteiger partial charge in [0.15, 0.2) is 17.5 Å². The summed E-state index contributed by atoms with van der Waals surface area (Å²) in [4.78, 5) is 12.1. The fourth-order valence-corrected chi connectivity index (χ4v) is 3.60. The second-order valence-electron chi connectivity index (χ2n) is 7.60. The van der Waals surface area contributed by atoms with E-state index in [2.05, 4.69) is 34.6 Å². The number of rotatable bonds is 7. The van der Waals surface area contributed by atoms with Gasteiger partial charge in [0.1, 0.15) is 5.75 Å². The standard InChI is InChI=1S/C21H27ClN2O4S/c1-14-10-15(6-9-19(14)24-29(26)27-5)12-23-20(25)13-28-16-7-8-17(18(22)11-16)21(2,3)4/h6-11,29H,12-13H2,1-5H3,(H,23,25). The van der Waals surface area contributed by atoms with E-state index in [1.165, 1.54) is 7.11 Å². The van der Waals surface area contributed by atoms with E-state index in [9.17, 15) is 9.00 Å². The van der Waals surface area contributed by atoms with Crippen LogP contribution in [0.5, 0.6) is 5.75 Å². The zero-order valence-corrected chi connectivity index (χ0v) is 18.9. The SMILES string of the molecule is CO[SH](=O)=Nc1ccc(CNC(=O)COc2ccc(C(C)(C)C)c(Cl)c2)cc1C. The first-order valence-corrected chi connectivity index (χ1v) is 10.6. The zero-order valence-electron chi connectivity index (χ0n) is 17.3. The molecule has 0 radical (unpaired) electrons. The number of nitrogens with zero attached hydrogens (tertiary/aromatic N) is 1. The number of nitrogens with one attached hydrogen (secondary N) is 1. The number of carbonyl (C=O) groups excluding carboxylic acids is 1. The normalized spacial score (nSPS) is 12.6. The van der Waals surface area contributed by atoms with Gasteiger partial charge in [-0.3, -0.25) is 8.98 Å². The lowest BCUT2D eigenvalue weighted by molar-refractivity contribution is -0.123. The lowest BCUT2D eigenvalue weighted by Crippen LogP contribution is -2.28. The Morgan fingerprint density at radius 2 is 1.93 bits per heavy atom. The summed E-state index contributed by atoms with van der Waals surface area (Å²) in [6.07, 6.45) is 0. The van der Waals surface area contributed by atoms with Crippen molar-refractivity contribution in [3.63, 3.8) is 0 Å². The molecule has 0 aromatic heterocycles. The Morgan fingerprint density at radius 1 is 1.21 bits per heavy atom. The van der Waals surface area contributed by atoms with Gasteiger partial charge in [0, 0.05) is 11.6 Å².